The van der Waals surface area contributed by atoms with E-state index in [1.165, 1.54) is 12.1 Å². The van der Waals surface area contributed by atoms with Crippen molar-refractivity contribution in [3.63, 3.8) is 0 Å². The zero-order chi connectivity index (χ0) is 12.4. The van der Waals surface area contributed by atoms with Crippen molar-refractivity contribution in [3.8, 4) is 11.6 Å². The molecule has 0 aliphatic rings. The van der Waals surface area contributed by atoms with Crippen LogP contribution in [0.15, 0.2) is 23.0 Å². The third-order valence-corrected chi connectivity index (χ3v) is 3.13. The Labute approximate surface area is 115 Å². The van der Waals surface area contributed by atoms with Gasteiger partial charge in [-0.3, -0.25) is 4.79 Å². The van der Waals surface area contributed by atoms with E-state index in [1.807, 2.05) is 0 Å². The molecule has 0 aliphatic heterocycles. The molecule has 2 aromatic rings. The highest BCUT2D eigenvalue weighted by molar-refractivity contribution is 6.99. The molecule has 2 rings (SSSR count). The topological polar surface area (TPSA) is 52.1 Å². The van der Waals surface area contributed by atoms with Crippen molar-refractivity contribution in [2.24, 2.45) is 0 Å². The fraction of sp³-hybridized carbons (Fsp3) is 0. The third-order valence-electron chi connectivity index (χ3n) is 1.73. The van der Waals surface area contributed by atoms with Gasteiger partial charge in [-0.25, -0.2) is 0 Å². The Morgan fingerprint density at radius 2 is 1.94 bits per heavy atom. The van der Waals surface area contributed by atoms with Gasteiger partial charge in [-0.1, -0.05) is 34.8 Å². The number of benzene rings is 1. The van der Waals surface area contributed by atoms with Crippen LogP contribution in [-0.2, 0) is 0 Å². The Bertz CT molecular complexity index is 617. The minimum atomic E-state index is -0.587. The lowest BCUT2D eigenvalue weighted by molar-refractivity contribution is 0.462. The van der Waals surface area contributed by atoms with Crippen LogP contribution in [0.4, 0.5) is 0 Å². The number of hydrogen-bond donors (Lipinski definition) is 0. The van der Waals surface area contributed by atoms with Gasteiger partial charge < -0.3 is 4.74 Å². The summed E-state index contributed by atoms with van der Waals surface area (Å²) >= 11 is 17.9. The van der Waals surface area contributed by atoms with Crippen LogP contribution in [0.1, 0.15) is 0 Å². The molecule has 8 heteroatoms. The van der Waals surface area contributed by atoms with Crippen LogP contribution >= 0.6 is 46.5 Å². The molecule has 1 heterocycles. The molecule has 0 saturated heterocycles. The van der Waals surface area contributed by atoms with Crippen molar-refractivity contribution < 1.29 is 4.74 Å². The summed E-state index contributed by atoms with van der Waals surface area (Å²) < 4.78 is 12.5. The van der Waals surface area contributed by atoms with E-state index in [9.17, 15) is 4.79 Å². The van der Waals surface area contributed by atoms with Gasteiger partial charge in [-0.05, 0) is 18.2 Å². The highest BCUT2D eigenvalue weighted by Gasteiger charge is 2.11. The Morgan fingerprint density at radius 1 is 1.18 bits per heavy atom. The van der Waals surface area contributed by atoms with Gasteiger partial charge in [0.15, 0.2) is 5.15 Å². The van der Waals surface area contributed by atoms with Gasteiger partial charge in [-0.2, -0.15) is 4.37 Å². The molecular weight excluding hydrogens is 307 g/mol. The van der Waals surface area contributed by atoms with Gasteiger partial charge >= 0.3 is 0 Å². The molecule has 4 nitrogen and oxygen atoms in total. The summed E-state index contributed by atoms with van der Waals surface area (Å²) in [6.45, 7) is 0. The van der Waals surface area contributed by atoms with Crippen LogP contribution in [0.5, 0.6) is 11.6 Å². The van der Waals surface area contributed by atoms with Gasteiger partial charge in [0, 0.05) is 5.02 Å². The Hall–Kier alpha value is -0.880. The van der Waals surface area contributed by atoms with Gasteiger partial charge in [-0.15, -0.1) is 4.37 Å². The standard InChI is InChI=1S/C9H3Cl3N2O2S/c10-4-1-2-6(5(11)3-4)16-9-7(15)8(12)13-17-14-9/h1-3H. The van der Waals surface area contributed by atoms with E-state index >= 15 is 0 Å². The van der Waals surface area contributed by atoms with Crippen molar-refractivity contribution >= 4 is 46.5 Å². The lowest BCUT2D eigenvalue weighted by Crippen LogP contribution is -2.07. The fourth-order valence-electron chi connectivity index (χ4n) is 0.992. The Balaban J connectivity index is 2.38. The average molecular weight is 310 g/mol. The van der Waals surface area contributed by atoms with Gasteiger partial charge in [0.25, 0.3) is 11.3 Å². The van der Waals surface area contributed by atoms with Crippen LogP contribution in [0, 0.1) is 0 Å². The number of nitrogens with zero attached hydrogens (tertiary/aromatic N) is 2. The molecule has 0 radical (unpaired) electrons. The normalized spacial score (nSPS) is 10.3. The first-order valence-electron chi connectivity index (χ1n) is 4.23. The number of ether oxygens (including phenoxy) is 1. The van der Waals surface area contributed by atoms with Crippen molar-refractivity contribution in [2.45, 2.75) is 0 Å². The second-order valence-electron chi connectivity index (χ2n) is 2.87. The predicted octanol–water partition coefficient (Wildman–Crippen LogP) is 3.65. The number of halogens is 3. The van der Waals surface area contributed by atoms with Crippen molar-refractivity contribution in [2.75, 3.05) is 0 Å². The molecule has 0 fully saturated rings. The van der Waals surface area contributed by atoms with E-state index in [2.05, 4.69) is 8.75 Å². The predicted molar refractivity (Wildman–Crippen MR) is 67.7 cm³/mol. The number of hydrogen-bond acceptors (Lipinski definition) is 5. The molecular formula is C9H3Cl3N2O2S. The first-order chi connectivity index (χ1) is 8.08. The van der Waals surface area contributed by atoms with Crippen LogP contribution in [0.3, 0.4) is 0 Å². The summed E-state index contributed by atoms with van der Waals surface area (Å²) in [4.78, 5) is 11.5. The largest absolute Gasteiger partial charge is 0.433 e. The maximum Gasteiger partial charge on any atom is 0.283 e. The Kier molecular flexibility index (Phi) is 3.83. The smallest absolute Gasteiger partial charge is 0.283 e. The summed E-state index contributed by atoms with van der Waals surface area (Å²) in [5.74, 6) is 0.106. The van der Waals surface area contributed by atoms with E-state index in [0.717, 1.165) is 11.7 Å². The fourth-order valence-corrected chi connectivity index (χ4v) is 2.00. The molecule has 1 aromatic heterocycles. The summed E-state index contributed by atoms with van der Waals surface area (Å²) in [7, 11) is 0. The summed E-state index contributed by atoms with van der Waals surface area (Å²) in [5, 5.41) is 0.551. The quantitative estimate of drug-likeness (QED) is 0.849. The summed E-state index contributed by atoms with van der Waals surface area (Å²) in [5.41, 5.74) is -0.587. The van der Waals surface area contributed by atoms with Crippen molar-refractivity contribution in [1.29, 1.82) is 0 Å². The molecule has 0 bridgehead atoms. The summed E-state index contributed by atoms with van der Waals surface area (Å²) in [6, 6.07) is 4.61. The number of aromatic nitrogens is 2. The molecule has 0 spiro atoms. The lowest BCUT2D eigenvalue weighted by atomic mass is 10.3. The maximum absolute atomic E-state index is 11.5. The van der Waals surface area contributed by atoms with Crippen molar-refractivity contribution in [3.05, 3.63) is 43.6 Å². The van der Waals surface area contributed by atoms with E-state index in [1.54, 1.807) is 6.07 Å². The SMILES string of the molecule is O=c1c(Cl)nsnc1Oc1ccc(Cl)cc1Cl. The molecule has 17 heavy (non-hydrogen) atoms. The maximum atomic E-state index is 11.5. The van der Waals surface area contributed by atoms with E-state index in [4.69, 9.17) is 39.5 Å². The van der Waals surface area contributed by atoms with E-state index in [0.29, 0.717) is 5.02 Å². The molecule has 0 aliphatic carbocycles. The zero-order valence-electron chi connectivity index (χ0n) is 7.99. The molecule has 0 saturated carbocycles. The average Bonchev–Trinajstić information content (AvgIpc) is 2.28. The second-order valence-corrected chi connectivity index (χ2v) is 4.60. The molecule has 0 amide bonds. The van der Waals surface area contributed by atoms with Gasteiger partial charge in [0.1, 0.15) is 5.75 Å². The van der Waals surface area contributed by atoms with E-state index < -0.39 is 5.43 Å². The van der Waals surface area contributed by atoms with Crippen molar-refractivity contribution in [1.82, 2.24) is 8.75 Å². The van der Waals surface area contributed by atoms with Crippen LogP contribution in [0.25, 0.3) is 0 Å². The first-order valence-corrected chi connectivity index (χ1v) is 6.09. The molecule has 0 atom stereocenters. The Morgan fingerprint density at radius 3 is 2.65 bits per heavy atom. The van der Waals surface area contributed by atoms with Crippen LogP contribution in [0.2, 0.25) is 15.2 Å². The lowest BCUT2D eigenvalue weighted by Gasteiger charge is -2.05. The molecule has 0 N–H and O–H groups in total. The molecule has 1 aromatic carbocycles. The monoisotopic (exact) mass is 308 g/mol. The molecule has 0 unspecified atom stereocenters. The zero-order valence-corrected chi connectivity index (χ0v) is 11.1. The number of rotatable bonds is 2. The molecule has 88 valence electrons. The highest BCUT2D eigenvalue weighted by atomic mass is 35.5. The van der Waals surface area contributed by atoms with Gasteiger partial charge in [0.05, 0.1) is 16.8 Å². The highest BCUT2D eigenvalue weighted by Crippen LogP contribution is 2.30. The summed E-state index contributed by atoms with van der Waals surface area (Å²) in [6.07, 6.45) is 0. The second kappa shape index (κ2) is 5.18. The minimum absolute atomic E-state index is 0.167. The van der Waals surface area contributed by atoms with Crippen LogP contribution in [-0.4, -0.2) is 8.75 Å². The first kappa shape index (κ1) is 12.6. The van der Waals surface area contributed by atoms with Gasteiger partial charge in [0.2, 0.25) is 0 Å². The third kappa shape index (κ3) is 2.87. The van der Waals surface area contributed by atoms with Crippen LogP contribution < -0.4 is 10.2 Å². The van der Waals surface area contributed by atoms with E-state index in [-0.39, 0.29) is 21.8 Å². The minimum Gasteiger partial charge on any atom is -0.433 e.